The Morgan fingerprint density at radius 1 is 1.17 bits per heavy atom. The van der Waals surface area contributed by atoms with Crippen LogP contribution in [-0.4, -0.2) is 49.0 Å². The molecule has 0 bridgehead atoms. The first-order chi connectivity index (χ1) is 11.5. The van der Waals surface area contributed by atoms with Crippen LogP contribution in [-0.2, 0) is 0 Å². The van der Waals surface area contributed by atoms with E-state index in [1.165, 1.54) is 0 Å². The van der Waals surface area contributed by atoms with Crippen molar-refractivity contribution in [2.75, 3.05) is 43.4 Å². The number of nitrogens with one attached hydrogen (secondary N) is 1. The fourth-order valence-corrected chi connectivity index (χ4v) is 3.23. The maximum atomic E-state index is 12.5. The first kappa shape index (κ1) is 16.9. The van der Waals surface area contributed by atoms with Gasteiger partial charge in [0.05, 0.1) is 0 Å². The number of carbonyl (C=O) groups excluding carboxylic acids is 1. The van der Waals surface area contributed by atoms with Gasteiger partial charge in [0, 0.05) is 48.2 Å². The SMILES string of the molecule is Cc1cc(Br)ccc1NC(=O)c1cc(N2CCN(C)CC2)ccn1. The number of hydrogen-bond acceptors (Lipinski definition) is 4. The summed E-state index contributed by atoms with van der Waals surface area (Å²) in [6.45, 7) is 5.96. The van der Waals surface area contributed by atoms with Crippen LogP contribution in [0.25, 0.3) is 0 Å². The normalized spacial score (nSPS) is 15.4. The topological polar surface area (TPSA) is 48.5 Å². The number of anilines is 2. The number of carbonyl (C=O) groups is 1. The molecule has 0 unspecified atom stereocenters. The van der Waals surface area contributed by atoms with Crippen LogP contribution < -0.4 is 10.2 Å². The van der Waals surface area contributed by atoms with E-state index in [1.54, 1.807) is 6.20 Å². The molecule has 0 atom stereocenters. The number of benzene rings is 1. The van der Waals surface area contributed by atoms with E-state index in [0.717, 1.165) is 47.6 Å². The Morgan fingerprint density at radius 3 is 2.62 bits per heavy atom. The second-order valence-electron chi connectivity index (χ2n) is 6.10. The van der Waals surface area contributed by atoms with E-state index in [2.05, 4.69) is 43.1 Å². The third-order valence-corrected chi connectivity index (χ3v) is 4.77. The van der Waals surface area contributed by atoms with E-state index in [-0.39, 0.29) is 5.91 Å². The lowest BCUT2D eigenvalue weighted by molar-refractivity contribution is 0.102. The second kappa shape index (κ2) is 7.32. The van der Waals surface area contributed by atoms with Crippen LogP contribution in [0.3, 0.4) is 0 Å². The number of halogens is 1. The summed E-state index contributed by atoms with van der Waals surface area (Å²) in [5.74, 6) is -0.184. The Balaban J connectivity index is 1.74. The van der Waals surface area contributed by atoms with Crippen molar-refractivity contribution in [2.24, 2.45) is 0 Å². The van der Waals surface area contributed by atoms with Crippen molar-refractivity contribution in [1.29, 1.82) is 0 Å². The Hall–Kier alpha value is -1.92. The molecule has 0 aliphatic carbocycles. The zero-order chi connectivity index (χ0) is 17.1. The van der Waals surface area contributed by atoms with Gasteiger partial charge in [0.25, 0.3) is 5.91 Å². The molecule has 0 saturated carbocycles. The fraction of sp³-hybridized carbons (Fsp3) is 0.333. The number of aryl methyl sites for hydroxylation is 1. The highest BCUT2D eigenvalue weighted by Crippen LogP contribution is 2.21. The molecule has 0 spiro atoms. The minimum Gasteiger partial charge on any atom is -0.369 e. The lowest BCUT2D eigenvalue weighted by Gasteiger charge is -2.34. The average Bonchev–Trinajstić information content (AvgIpc) is 2.58. The number of piperazine rings is 1. The molecule has 1 aromatic heterocycles. The van der Waals surface area contributed by atoms with Crippen LogP contribution in [0, 0.1) is 6.92 Å². The summed E-state index contributed by atoms with van der Waals surface area (Å²) in [6, 6.07) is 9.61. The molecule has 5 nitrogen and oxygen atoms in total. The van der Waals surface area contributed by atoms with Crippen molar-refractivity contribution in [3.05, 3.63) is 52.3 Å². The number of pyridine rings is 1. The van der Waals surface area contributed by atoms with Gasteiger partial charge in [0.15, 0.2) is 0 Å². The zero-order valence-corrected chi connectivity index (χ0v) is 15.5. The molecular weight excluding hydrogens is 368 g/mol. The highest BCUT2D eigenvalue weighted by atomic mass is 79.9. The van der Waals surface area contributed by atoms with Gasteiger partial charge in [-0.1, -0.05) is 15.9 Å². The molecule has 24 heavy (non-hydrogen) atoms. The summed E-state index contributed by atoms with van der Waals surface area (Å²) in [7, 11) is 2.13. The molecule has 1 saturated heterocycles. The molecule has 1 aromatic carbocycles. The van der Waals surface area contributed by atoms with Gasteiger partial charge in [-0.25, -0.2) is 0 Å². The number of amides is 1. The van der Waals surface area contributed by atoms with Crippen molar-refractivity contribution in [1.82, 2.24) is 9.88 Å². The van der Waals surface area contributed by atoms with Crippen LogP contribution in [0.1, 0.15) is 16.1 Å². The third kappa shape index (κ3) is 3.94. The molecule has 1 aliphatic rings. The summed E-state index contributed by atoms with van der Waals surface area (Å²) in [5, 5.41) is 2.94. The quantitative estimate of drug-likeness (QED) is 0.876. The van der Waals surface area contributed by atoms with Gasteiger partial charge in [0.1, 0.15) is 5.69 Å². The maximum Gasteiger partial charge on any atom is 0.274 e. The predicted molar refractivity (Wildman–Crippen MR) is 101 cm³/mol. The number of rotatable bonds is 3. The van der Waals surface area contributed by atoms with E-state index < -0.39 is 0 Å². The predicted octanol–water partition coefficient (Wildman–Crippen LogP) is 3.16. The summed E-state index contributed by atoms with van der Waals surface area (Å²) < 4.78 is 0.994. The van der Waals surface area contributed by atoms with E-state index in [0.29, 0.717) is 5.69 Å². The molecule has 0 radical (unpaired) electrons. The molecule has 1 aliphatic heterocycles. The first-order valence-electron chi connectivity index (χ1n) is 8.00. The standard InChI is InChI=1S/C18H21BrN4O/c1-13-11-14(19)3-4-16(13)21-18(24)17-12-15(5-6-20-17)23-9-7-22(2)8-10-23/h3-6,11-12H,7-10H2,1-2H3,(H,21,24). The van der Waals surface area contributed by atoms with Crippen LogP contribution in [0.15, 0.2) is 41.0 Å². The van der Waals surface area contributed by atoms with Crippen molar-refractivity contribution < 1.29 is 4.79 Å². The van der Waals surface area contributed by atoms with Crippen molar-refractivity contribution in [3.63, 3.8) is 0 Å². The molecular formula is C18H21BrN4O. The summed E-state index contributed by atoms with van der Waals surface area (Å²) in [5.41, 5.74) is 3.30. The molecule has 2 heterocycles. The highest BCUT2D eigenvalue weighted by molar-refractivity contribution is 9.10. The van der Waals surface area contributed by atoms with Crippen molar-refractivity contribution in [3.8, 4) is 0 Å². The van der Waals surface area contributed by atoms with Crippen molar-refractivity contribution >= 4 is 33.2 Å². The summed E-state index contributed by atoms with van der Waals surface area (Å²) >= 11 is 3.43. The summed E-state index contributed by atoms with van der Waals surface area (Å²) in [6.07, 6.45) is 1.71. The minimum atomic E-state index is -0.184. The molecule has 6 heteroatoms. The lowest BCUT2D eigenvalue weighted by atomic mass is 10.2. The van der Waals surface area contributed by atoms with Gasteiger partial charge in [-0.15, -0.1) is 0 Å². The largest absolute Gasteiger partial charge is 0.369 e. The number of hydrogen-bond donors (Lipinski definition) is 1. The summed E-state index contributed by atoms with van der Waals surface area (Å²) in [4.78, 5) is 21.4. The lowest BCUT2D eigenvalue weighted by Crippen LogP contribution is -2.44. The zero-order valence-electron chi connectivity index (χ0n) is 13.9. The molecule has 1 fully saturated rings. The van der Waals surface area contributed by atoms with Crippen LogP contribution >= 0.6 is 15.9 Å². The van der Waals surface area contributed by atoms with E-state index in [1.807, 2.05) is 37.3 Å². The monoisotopic (exact) mass is 388 g/mol. The molecule has 1 amide bonds. The van der Waals surface area contributed by atoms with Gasteiger partial charge in [-0.05, 0) is 49.9 Å². The van der Waals surface area contributed by atoms with Gasteiger partial charge >= 0.3 is 0 Å². The van der Waals surface area contributed by atoms with E-state index >= 15 is 0 Å². The number of aromatic nitrogens is 1. The average molecular weight is 389 g/mol. The fourth-order valence-electron chi connectivity index (χ4n) is 2.76. The van der Waals surface area contributed by atoms with E-state index in [4.69, 9.17) is 0 Å². The molecule has 1 N–H and O–H groups in total. The van der Waals surface area contributed by atoms with Crippen LogP contribution in [0.2, 0.25) is 0 Å². The van der Waals surface area contributed by atoms with Gasteiger partial charge in [-0.3, -0.25) is 9.78 Å². The second-order valence-corrected chi connectivity index (χ2v) is 7.02. The Kier molecular flexibility index (Phi) is 5.16. The van der Waals surface area contributed by atoms with Gasteiger partial charge in [-0.2, -0.15) is 0 Å². The molecule has 2 aromatic rings. The Bertz CT molecular complexity index is 742. The van der Waals surface area contributed by atoms with Crippen molar-refractivity contribution in [2.45, 2.75) is 6.92 Å². The third-order valence-electron chi connectivity index (χ3n) is 4.28. The number of likely N-dealkylation sites (N-methyl/N-ethyl adjacent to an activating group) is 1. The molecule has 3 rings (SSSR count). The van der Waals surface area contributed by atoms with Gasteiger partial charge < -0.3 is 15.1 Å². The van der Waals surface area contributed by atoms with E-state index in [9.17, 15) is 4.79 Å². The Morgan fingerprint density at radius 2 is 1.92 bits per heavy atom. The minimum absolute atomic E-state index is 0.184. The number of nitrogens with zero attached hydrogens (tertiary/aromatic N) is 3. The maximum absolute atomic E-state index is 12.5. The molecule has 126 valence electrons. The smallest absolute Gasteiger partial charge is 0.274 e. The van der Waals surface area contributed by atoms with Crippen LogP contribution in [0.5, 0.6) is 0 Å². The first-order valence-corrected chi connectivity index (χ1v) is 8.79. The van der Waals surface area contributed by atoms with Gasteiger partial charge in [0.2, 0.25) is 0 Å². The Labute approximate surface area is 150 Å². The highest BCUT2D eigenvalue weighted by Gasteiger charge is 2.16. The van der Waals surface area contributed by atoms with Crippen LogP contribution in [0.4, 0.5) is 11.4 Å².